The first-order chi connectivity index (χ1) is 8.81. The molecule has 0 spiro atoms. The molecule has 0 atom stereocenters. The molecule has 0 heterocycles. The zero-order valence-electron chi connectivity index (χ0n) is 9.68. The summed E-state index contributed by atoms with van der Waals surface area (Å²) in [5.41, 5.74) is 0. The van der Waals surface area contributed by atoms with Crippen molar-refractivity contribution in [1.82, 2.24) is 0 Å². The van der Waals surface area contributed by atoms with Crippen molar-refractivity contribution >= 4 is 4.75 Å². The Morgan fingerprint density at radius 2 is 0.889 bits per heavy atom. The quantitative estimate of drug-likeness (QED) is 0.554. The predicted octanol–water partition coefficient (Wildman–Crippen LogP) is 0.506. The molecule has 0 aliphatic rings. The Kier molecular flexibility index (Phi) is 199. The van der Waals surface area contributed by atoms with Gasteiger partial charge in [0, 0.05) is 0 Å². The summed E-state index contributed by atoms with van der Waals surface area (Å²) in [5.74, 6) is 0. The van der Waals surface area contributed by atoms with Crippen LogP contribution in [0.1, 0.15) is 13.8 Å². The van der Waals surface area contributed by atoms with E-state index in [2.05, 4.69) is 49.1 Å². The van der Waals surface area contributed by atoms with Crippen molar-refractivity contribution in [2.24, 2.45) is 0 Å². The van der Waals surface area contributed by atoms with Gasteiger partial charge in [0.1, 0.15) is 0 Å². The fraction of sp³-hybridized carbons (Fsp3) is 0.400. The molecule has 0 aromatic rings. The van der Waals surface area contributed by atoms with E-state index in [4.69, 9.17) is 32.7 Å². The van der Waals surface area contributed by atoms with Crippen LogP contribution in [0.15, 0.2) is 0 Å². The van der Waals surface area contributed by atoms with Crippen LogP contribution in [0.3, 0.4) is 0 Å². The van der Waals surface area contributed by atoms with Crippen molar-refractivity contribution in [2.45, 2.75) is 13.8 Å². The Balaban J connectivity index is -0.0000000304. The SMILES string of the molecule is CCO[C](=[Cr])OCC.[C-]#[O+].[C-]#[O+].[C-]#[O+].[C-]#[O+].[C-]#[O+]. The molecule has 0 N–H and O–H groups in total. The van der Waals surface area contributed by atoms with Gasteiger partial charge in [-0.05, 0) is 0 Å². The number of hydrogen-bond donors (Lipinski definition) is 0. The maximum atomic E-state index is 7.50. The average Bonchev–Trinajstić information content (AvgIpc) is 2.50. The van der Waals surface area contributed by atoms with Gasteiger partial charge in [0.2, 0.25) is 0 Å². The van der Waals surface area contributed by atoms with Crippen molar-refractivity contribution in [3.63, 3.8) is 0 Å². The first-order valence-electron chi connectivity index (χ1n) is 3.62. The zero-order chi connectivity index (χ0) is 16.4. The summed E-state index contributed by atoms with van der Waals surface area (Å²) in [6.45, 7) is 27.6. The second-order valence-corrected chi connectivity index (χ2v) is 1.64. The summed E-state index contributed by atoms with van der Waals surface area (Å²) >= 11 is 2.65. The van der Waals surface area contributed by atoms with Crippen LogP contribution in [0.2, 0.25) is 0 Å². The molecule has 0 aliphatic heterocycles. The molecule has 0 saturated carbocycles. The summed E-state index contributed by atoms with van der Waals surface area (Å²) in [4.78, 5) is 0. The summed E-state index contributed by atoms with van der Waals surface area (Å²) in [5, 5.41) is 0. The van der Waals surface area contributed by atoms with Crippen molar-refractivity contribution in [3.8, 4) is 0 Å². The third-order valence-electron chi connectivity index (χ3n) is 0.524. The van der Waals surface area contributed by atoms with Gasteiger partial charge in [-0.2, -0.15) is 0 Å². The molecule has 8 heteroatoms. The Labute approximate surface area is 114 Å². The second-order valence-electron chi connectivity index (χ2n) is 1.12. The first kappa shape index (κ1) is 36.0. The van der Waals surface area contributed by atoms with Crippen LogP contribution in [-0.2, 0) is 48.6 Å². The van der Waals surface area contributed by atoms with E-state index >= 15 is 0 Å². The van der Waals surface area contributed by atoms with Gasteiger partial charge >= 0.3 is 114 Å². The minimum atomic E-state index is 0.537. The Hall–Kier alpha value is -0.978. The standard InChI is InChI=1S/C5H10O2.5CO.Cr/c1-3-6-5-7-4-2;5*1-2;/h3-4H2,1-2H3;;;;;;. The van der Waals surface area contributed by atoms with E-state index in [0.29, 0.717) is 18.0 Å². The number of hydrogen-bond acceptors (Lipinski definition) is 2. The monoisotopic (exact) mass is 294 g/mol. The van der Waals surface area contributed by atoms with Gasteiger partial charge in [0.15, 0.2) is 0 Å². The molecule has 0 unspecified atom stereocenters. The van der Waals surface area contributed by atoms with Crippen LogP contribution in [0, 0.1) is 33.3 Å². The second kappa shape index (κ2) is 99.7. The van der Waals surface area contributed by atoms with Gasteiger partial charge in [-0.15, -0.1) is 0 Å². The number of ether oxygens (including phenoxy) is 2. The molecule has 0 amide bonds. The molecule has 18 heavy (non-hydrogen) atoms. The van der Waals surface area contributed by atoms with Gasteiger partial charge in [0.05, 0.1) is 0 Å². The zero-order valence-corrected chi connectivity index (χ0v) is 11.0. The molecule has 0 rings (SSSR count). The first-order valence-corrected chi connectivity index (χ1v) is 4.26. The van der Waals surface area contributed by atoms with E-state index in [1.807, 2.05) is 13.8 Å². The van der Waals surface area contributed by atoms with Crippen LogP contribution in [0.4, 0.5) is 0 Å². The fourth-order valence-electron chi connectivity index (χ4n) is 0.277. The topological polar surface area (TPSA) is 118 Å². The van der Waals surface area contributed by atoms with E-state index in [0.717, 1.165) is 0 Å². The summed E-state index contributed by atoms with van der Waals surface area (Å²) in [6.07, 6.45) is 0. The van der Waals surface area contributed by atoms with Crippen molar-refractivity contribution in [2.75, 3.05) is 13.2 Å². The van der Waals surface area contributed by atoms with Gasteiger partial charge in [-0.1, -0.05) is 0 Å². The Morgan fingerprint density at radius 1 is 0.722 bits per heavy atom. The van der Waals surface area contributed by atoms with Gasteiger partial charge in [-0.25, -0.2) is 0 Å². The Bertz CT molecular complexity index is 184. The van der Waals surface area contributed by atoms with E-state index in [9.17, 15) is 0 Å². The molecular weight excluding hydrogens is 284 g/mol. The van der Waals surface area contributed by atoms with Crippen LogP contribution in [0.5, 0.6) is 0 Å². The minimum absolute atomic E-state index is 0.537. The molecule has 0 radical (unpaired) electrons. The van der Waals surface area contributed by atoms with E-state index in [1.54, 1.807) is 0 Å². The molecule has 0 aromatic heterocycles. The van der Waals surface area contributed by atoms with E-state index in [1.165, 1.54) is 0 Å². The fourth-order valence-corrected chi connectivity index (χ4v) is 0.645. The van der Waals surface area contributed by atoms with Gasteiger partial charge in [-0.3, -0.25) is 0 Å². The molecule has 0 aliphatic carbocycles. The van der Waals surface area contributed by atoms with Gasteiger partial charge in [0.25, 0.3) is 0 Å². The van der Waals surface area contributed by atoms with E-state index in [-0.39, 0.29) is 0 Å². The van der Waals surface area contributed by atoms with Crippen LogP contribution in [0.25, 0.3) is 0 Å². The van der Waals surface area contributed by atoms with E-state index < -0.39 is 0 Å². The van der Waals surface area contributed by atoms with Crippen molar-refractivity contribution in [3.05, 3.63) is 33.3 Å². The van der Waals surface area contributed by atoms with Crippen LogP contribution >= 0.6 is 0 Å². The maximum absolute atomic E-state index is 7.50. The molecule has 7 nitrogen and oxygen atoms in total. The summed E-state index contributed by atoms with van der Waals surface area (Å²) < 4.78 is 47.9. The molecule has 0 bridgehead atoms. The van der Waals surface area contributed by atoms with Crippen molar-refractivity contribution in [1.29, 1.82) is 0 Å². The number of rotatable bonds is 4. The van der Waals surface area contributed by atoms with Crippen molar-refractivity contribution < 1.29 is 48.6 Å². The average molecular weight is 294 g/mol. The molecule has 0 saturated heterocycles. The molecule has 0 fully saturated rings. The molecule has 0 aromatic carbocycles. The van der Waals surface area contributed by atoms with Crippen LogP contribution < -0.4 is 0 Å². The molecule has 98 valence electrons. The third kappa shape index (κ3) is 117. The summed E-state index contributed by atoms with van der Waals surface area (Å²) in [7, 11) is 0. The predicted molar refractivity (Wildman–Crippen MR) is 47.9 cm³/mol. The van der Waals surface area contributed by atoms with Gasteiger partial charge < -0.3 is 0 Å². The summed E-state index contributed by atoms with van der Waals surface area (Å²) in [6, 6.07) is 0. The van der Waals surface area contributed by atoms with Crippen LogP contribution in [-0.4, -0.2) is 18.0 Å². The Morgan fingerprint density at radius 3 is 1.00 bits per heavy atom. The third-order valence-corrected chi connectivity index (χ3v) is 0.892. The normalized spacial score (nSPS) is 4.67. The molecular formula is C10H10CrO7.